The van der Waals surface area contributed by atoms with Crippen LogP contribution in [0.5, 0.6) is 5.75 Å². The first-order valence-corrected chi connectivity index (χ1v) is 8.46. The summed E-state index contributed by atoms with van der Waals surface area (Å²) in [6, 6.07) is 9.47. The molecule has 3 rings (SSSR count). The summed E-state index contributed by atoms with van der Waals surface area (Å²) in [7, 11) is 3.05. The molecule has 1 N–H and O–H groups in total. The number of carbonyl (C=O) groups excluding carboxylic acids is 2. The van der Waals surface area contributed by atoms with Crippen LogP contribution >= 0.6 is 0 Å². The maximum atomic E-state index is 13.0. The minimum Gasteiger partial charge on any atom is -0.503 e. The molecule has 1 aromatic carbocycles. The molecule has 0 unspecified atom stereocenters. The number of aliphatic hydroxyl groups excluding tert-OH is 1. The molecular formula is C20H21NO6. The van der Waals surface area contributed by atoms with Gasteiger partial charge in [0, 0.05) is 13.7 Å². The molecule has 0 fully saturated rings. The normalized spacial score (nSPS) is 16.9. The summed E-state index contributed by atoms with van der Waals surface area (Å²) >= 11 is 0. The summed E-state index contributed by atoms with van der Waals surface area (Å²) in [6.07, 6.45) is 0. The van der Waals surface area contributed by atoms with Crippen LogP contribution in [0.3, 0.4) is 0 Å². The number of aliphatic hydroxyl groups is 1. The van der Waals surface area contributed by atoms with Crippen LogP contribution in [-0.4, -0.2) is 49.1 Å². The van der Waals surface area contributed by atoms with Crippen molar-refractivity contribution in [3.63, 3.8) is 0 Å². The van der Waals surface area contributed by atoms with Gasteiger partial charge in [-0.25, -0.2) is 0 Å². The summed E-state index contributed by atoms with van der Waals surface area (Å²) < 4.78 is 15.7. The van der Waals surface area contributed by atoms with Gasteiger partial charge >= 0.3 is 0 Å². The predicted molar refractivity (Wildman–Crippen MR) is 96.8 cm³/mol. The maximum Gasteiger partial charge on any atom is 0.290 e. The molecule has 1 atom stereocenters. The fourth-order valence-corrected chi connectivity index (χ4v) is 3.15. The SMILES string of the molecule is COCCN1C(=O)C(O)=C(C(=O)c2ccc(C)o2)[C@@H]1c1cccc(OC)c1. The molecule has 0 radical (unpaired) electrons. The Labute approximate surface area is 156 Å². The number of hydrogen-bond donors (Lipinski definition) is 1. The lowest BCUT2D eigenvalue weighted by molar-refractivity contribution is -0.130. The predicted octanol–water partition coefficient (Wildman–Crippen LogP) is 2.82. The van der Waals surface area contributed by atoms with Crippen molar-refractivity contribution in [3.8, 4) is 5.75 Å². The van der Waals surface area contributed by atoms with E-state index in [1.807, 2.05) is 0 Å². The average molecular weight is 371 g/mol. The van der Waals surface area contributed by atoms with Crippen molar-refractivity contribution < 1.29 is 28.6 Å². The highest BCUT2D eigenvalue weighted by Gasteiger charge is 2.44. The number of benzene rings is 1. The van der Waals surface area contributed by atoms with Gasteiger partial charge in [0.05, 0.1) is 25.3 Å². The first kappa shape index (κ1) is 18.7. The van der Waals surface area contributed by atoms with E-state index in [0.717, 1.165) is 0 Å². The Balaban J connectivity index is 2.09. The van der Waals surface area contributed by atoms with E-state index in [2.05, 4.69) is 0 Å². The van der Waals surface area contributed by atoms with Gasteiger partial charge in [-0.05, 0) is 36.8 Å². The number of Topliss-reactive ketones (excluding diaryl/α,β-unsaturated/α-hetero) is 1. The van der Waals surface area contributed by atoms with Gasteiger partial charge in [-0.1, -0.05) is 12.1 Å². The molecule has 1 aliphatic rings. The summed E-state index contributed by atoms with van der Waals surface area (Å²) in [5.41, 5.74) is 0.633. The Bertz CT molecular complexity index is 897. The van der Waals surface area contributed by atoms with Gasteiger partial charge < -0.3 is 23.9 Å². The van der Waals surface area contributed by atoms with Gasteiger partial charge in [-0.2, -0.15) is 0 Å². The number of amides is 1. The Kier molecular flexibility index (Phi) is 5.32. The van der Waals surface area contributed by atoms with Crippen molar-refractivity contribution in [2.45, 2.75) is 13.0 Å². The number of ketones is 1. The van der Waals surface area contributed by atoms with Gasteiger partial charge in [0.2, 0.25) is 5.78 Å². The van der Waals surface area contributed by atoms with Gasteiger partial charge in [0.25, 0.3) is 5.91 Å². The first-order chi connectivity index (χ1) is 13.0. The van der Waals surface area contributed by atoms with Crippen molar-refractivity contribution in [2.24, 2.45) is 0 Å². The van der Waals surface area contributed by atoms with Crippen LogP contribution < -0.4 is 4.74 Å². The van der Waals surface area contributed by atoms with Gasteiger partial charge in [0.1, 0.15) is 11.5 Å². The zero-order valence-corrected chi connectivity index (χ0v) is 15.4. The number of nitrogens with zero attached hydrogens (tertiary/aromatic N) is 1. The molecule has 0 saturated carbocycles. The van der Waals surface area contributed by atoms with Crippen LogP contribution in [0.15, 0.2) is 52.1 Å². The molecule has 0 bridgehead atoms. The van der Waals surface area contributed by atoms with Gasteiger partial charge in [0.15, 0.2) is 11.5 Å². The molecule has 142 valence electrons. The van der Waals surface area contributed by atoms with Gasteiger partial charge in [-0.3, -0.25) is 9.59 Å². The Morgan fingerprint density at radius 2 is 2.04 bits per heavy atom. The quantitative estimate of drug-likeness (QED) is 0.753. The van der Waals surface area contributed by atoms with E-state index in [0.29, 0.717) is 17.1 Å². The Morgan fingerprint density at radius 1 is 1.26 bits per heavy atom. The zero-order valence-electron chi connectivity index (χ0n) is 15.4. The van der Waals surface area contributed by atoms with E-state index < -0.39 is 23.5 Å². The number of hydrogen-bond acceptors (Lipinski definition) is 6. The molecule has 7 nitrogen and oxygen atoms in total. The van der Waals surface area contributed by atoms with E-state index in [4.69, 9.17) is 13.9 Å². The lowest BCUT2D eigenvalue weighted by atomic mass is 9.95. The molecule has 27 heavy (non-hydrogen) atoms. The zero-order chi connectivity index (χ0) is 19.6. The number of methoxy groups -OCH3 is 2. The van der Waals surface area contributed by atoms with Crippen molar-refractivity contribution in [1.29, 1.82) is 0 Å². The molecule has 1 aromatic heterocycles. The van der Waals surface area contributed by atoms with Gasteiger partial charge in [-0.15, -0.1) is 0 Å². The van der Waals surface area contributed by atoms with Crippen molar-refractivity contribution in [3.05, 3.63) is 64.8 Å². The monoisotopic (exact) mass is 371 g/mol. The number of aryl methyl sites for hydroxylation is 1. The topological polar surface area (TPSA) is 89.2 Å². The van der Waals surface area contributed by atoms with E-state index >= 15 is 0 Å². The summed E-state index contributed by atoms with van der Waals surface area (Å²) in [5.74, 6) is -0.495. The van der Waals surface area contributed by atoms with Crippen molar-refractivity contribution >= 4 is 11.7 Å². The molecule has 0 spiro atoms. The molecule has 0 aliphatic carbocycles. The third kappa shape index (κ3) is 3.46. The lowest BCUT2D eigenvalue weighted by Gasteiger charge is -2.26. The number of furan rings is 1. The van der Waals surface area contributed by atoms with Crippen LogP contribution in [0.25, 0.3) is 0 Å². The second-order valence-corrected chi connectivity index (χ2v) is 6.17. The van der Waals surface area contributed by atoms with E-state index in [1.54, 1.807) is 37.3 Å². The standard InChI is InChI=1S/C20H21NO6/c1-12-7-8-15(27-12)18(22)16-17(13-5-4-6-14(11-13)26-3)21(9-10-25-2)20(24)19(16)23/h4-8,11,17,23H,9-10H2,1-3H3/t17-/m0/s1. The van der Waals surface area contributed by atoms with Crippen LogP contribution in [0.2, 0.25) is 0 Å². The number of ether oxygens (including phenoxy) is 2. The molecule has 2 aromatic rings. The van der Waals surface area contributed by atoms with E-state index in [9.17, 15) is 14.7 Å². The summed E-state index contributed by atoms with van der Waals surface area (Å²) in [6.45, 7) is 2.20. The van der Waals surface area contributed by atoms with Crippen molar-refractivity contribution in [2.75, 3.05) is 27.4 Å². The first-order valence-electron chi connectivity index (χ1n) is 8.46. The molecular weight excluding hydrogens is 350 g/mol. The maximum absolute atomic E-state index is 13.0. The lowest BCUT2D eigenvalue weighted by Crippen LogP contribution is -2.34. The molecule has 1 amide bonds. The fraction of sp³-hybridized carbons (Fsp3) is 0.300. The molecule has 0 saturated heterocycles. The molecule has 7 heteroatoms. The Hall–Kier alpha value is -3.06. The Morgan fingerprint density at radius 3 is 2.67 bits per heavy atom. The van der Waals surface area contributed by atoms with Crippen LogP contribution in [0.4, 0.5) is 0 Å². The fourth-order valence-electron chi connectivity index (χ4n) is 3.15. The van der Waals surface area contributed by atoms with E-state index in [-0.39, 0.29) is 24.5 Å². The largest absolute Gasteiger partial charge is 0.503 e. The number of rotatable bonds is 7. The molecule has 1 aliphatic heterocycles. The van der Waals surface area contributed by atoms with E-state index in [1.165, 1.54) is 25.2 Å². The van der Waals surface area contributed by atoms with Crippen LogP contribution in [0.1, 0.15) is 27.9 Å². The highest BCUT2D eigenvalue weighted by atomic mass is 16.5. The summed E-state index contributed by atoms with van der Waals surface area (Å²) in [4.78, 5) is 27.1. The third-order valence-electron chi connectivity index (χ3n) is 4.46. The third-order valence-corrected chi connectivity index (χ3v) is 4.46. The highest BCUT2D eigenvalue weighted by molar-refractivity contribution is 6.15. The highest BCUT2D eigenvalue weighted by Crippen LogP contribution is 2.39. The minimum absolute atomic E-state index is 0.0151. The second-order valence-electron chi connectivity index (χ2n) is 6.17. The summed E-state index contributed by atoms with van der Waals surface area (Å²) in [5, 5.41) is 10.5. The smallest absolute Gasteiger partial charge is 0.290 e. The second kappa shape index (κ2) is 7.67. The van der Waals surface area contributed by atoms with Crippen molar-refractivity contribution in [1.82, 2.24) is 4.90 Å². The minimum atomic E-state index is -0.763. The van der Waals surface area contributed by atoms with Crippen LogP contribution in [0, 0.1) is 6.92 Å². The molecule has 2 heterocycles. The van der Waals surface area contributed by atoms with Crippen LogP contribution in [-0.2, 0) is 9.53 Å². The average Bonchev–Trinajstić information content (AvgIpc) is 3.22. The number of carbonyl (C=O) groups is 2.